The van der Waals surface area contributed by atoms with E-state index in [0.29, 0.717) is 0 Å². The zero-order valence-electron chi connectivity index (χ0n) is 10.4. The second-order valence-corrected chi connectivity index (χ2v) is 4.92. The fourth-order valence-corrected chi connectivity index (χ4v) is 2.37. The largest absolute Gasteiger partial charge is 0.296 e. The topological polar surface area (TPSA) is 21.1 Å². The summed E-state index contributed by atoms with van der Waals surface area (Å²) in [5.41, 5.74) is 3.90. The first kappa shape index (κ1) is 10.7. The number of hydrogen-bond acceptors (Lipinski definition) is 2. The molecule has 1 saturated heterocycles. The average molecular weight is 207 g/mol. The van der Waals surface area contributed by atoms with Crippen LogP contribution < -0.4 is 0 Å². The summed E-state index contributed by atoms with van der Waals surface area (Å²) in [6.45, 7) is 11.2. The molecular weight excluding hydrogens is 186 g/mol. The van der Waals surface area contributed by atoms with E-state index in [4.69, 9.17) is 0 Å². The summed E-state index contributed by atoms with van der Waals surface area (Å²) < 4.78 is 1.98. The van der Waals surface area contributed by atoms with Crippen LogP contribution in [0.4, 0.5) is 0 Å². The zero-order valence-corrected chi connectivity index (χ0v) is 10.4. The van der Waals surface area contributed by atoms with E-state index in [0.717, 1.165) is 18.5 Å². The van der Waals surface area contributed by atoms with Crippen LogP contribution in [0.1, 0.15) is 30.8 Å². The Morgan fingerprint density at radius 2 is 2.00 bits per heavy atom. The molecule has 0 aromatic carbocycles. The summed E-state index contributed by atoms with van der Waals surface area (Å²) >= 11 is 0. The molecular formula is C12H21N3. The molecule has 1 aromatic rings. The van der Waals surface area contributed by atoms with Gasteiger partial charge in [-0.2, -0.15) is 5.10 Å². The van der Waals surface area contributed by atoms with E-state index in [2.05, 4.69) is 37.7 Å². The van der Waals surface area contributed by atoms with Crippen molar-refractivity contribution in [2.24, 2.45) is 13.0 Å². The van der Waals surface area contributed by atoms with Crippen molar-refractivity contribution in [2.75, 3.05) is 6.54 Å². The third-order valence-corrected chi connectivity index (χ3v) is 3.94. The van der Waals surface area contributed by atoms with Crippen molar-refractivity contribution >= 4 is 0 Å². The minimum absolute atomic E-state index is 0.726. The number of rotatable bonds is 2. The third kappa shape index (κ3) is 1.69. The van der Waals surface area contributed by atoms with Crippen LogP contribution in [0.15, 0.2) is 0 Å². The van der Waals surface area contributed by atoms with Gasteiger partial charge in [-0.05, 0) is 26.7 Å². The molecule has 15 heavy (non-hydrogen) atoms. The lowest BCUT2D eigenvalue weighted by molar-refractivity contribution is 0.0303. The van der Waals surface area contributed by atoms with E-state index >= 15 is 0 Å². The summed E-state index contributed by atoms with van der Waals surface area (Å²) in [5.74, 6) is 0.849. The summed E-state index contributed by atoms with van der Waals surface area (Å²) in [6.07, 6.45) is 0. The van der Waals surface area contributed by atoms with Crippen LogP contribution in [0.3, 0.4) is 0 Å². The van der Waals surface area contributed by atoms with Crippen LogP contribution in [0.2, 0.25) is 0 Å². The summed E-state index contributed by atoms with van der Waals surface area (Å²) in [6, 6.07) is 0.726. The minimum Gasteiger partial charge on any atom is -0.296 e. The second kappa shape index (κ2) is 3.63. The molecule has 2 unspecified atom stereocenters. The van der Waals surface area contributed by atoms with E-state index in [1.807, 2.05) is 11.7 Å². The first-order valence-electron chi connectivity index (χ1n) is 5.73. The molecule has 0 aliphatic carbocycles. The van der Waals surface area contributed by atoms with Gasteiger partial charge in [0, 0.05) is 37.4 Å². The highest BCUT2D eigenvalue weighted by Crippen LogP contribution is 2.27. The SMILES string of the molecule is Cc1nn(C)c(C)c1CN1CC(C)C1C. The van der Waals surface area contributed by atoms with Gasteiger partial charge in [-0.15, -0.1) is 0 Å². The van der Waals surface area contributed by atoms with Crippen molar-refractivity contribution in [2.45, 2.75) is 40.3 Å². The Balaban J connectivity index is 2.11. The van der Waals surface area contributed by atoms with Gasteiger partial charge in [-0.1, -0.05) is 6.92 Å². The predicted octanol–water partition coefficient (Wildman–Crippen LogP) is 1.88. The van der Waals surface area contributed by atoms with Gasteiger partial charge in [0.1, 0.15) is 0 Å². The lowest BCUT2D eigenvalue weighted by atomic mass is 9.91. The maximum Gasteiger partial charge on any atom is 0.0641 e. The van der Waals surface area contributed by atoms with Crippen molar-refractivity contribution in [3.8, 4) is 0 Å². The predicted molar refractivity (Wildman–Crippen MR) is 61.7 cm³/mol. The monoisotopic (exact) mass is 207 g/mol. The van der Waals surface area contributed by atoms with Crippen LogP contribution >= 0.6 is 0 Å². The fraction of sp³-hybridized carbons (Fsp3) is 0.750. The van der Waals surface area contributed by atoms with Gasteiger partial charge < -0.3 is 0 Å². The van der Waals surface area contributed by atoms with Gasteiger partial charge in [0.15, 0.2) is 0 Å². The fourth-order valence-electron chi connectivity index (χ4n) is 2.37. The Labute approximate surface area is 92.1 Å². The summed E-state index contributed by atoms with van der Waals surface area (Å²) in [7, 11) is 2.02. The van der Waals surface area contributed by atoms with Crippen LogP contribution in [-0.4, -0.2) is 27.3 Å². The number of aryl methyl sites for hydroxylation is 2. The maximum absolute atomic E-state index is 4.46. The van der Waals surface area contributed by atoms with E-state index in [1.54, 1.807) is 0 Å². The molecule has 0 saturated carbocycles. The summed E-state index contributed by atoms with van der Waals surface area (Å²) in [4.78, 5) is 2.53. The number of likely N-dealkylation sites (tertiary alicyclic amines) is 1. The molecule has 2 atom stereocenters. The number of nitrogens with zero attached hydrogens (tertiary/aromatic N) is 3. The molecule has 2 heterocycles. The Morgan fingerprint density at radius 3 is 2.40 bits per heavy atom. The lowest BCUT2D eigenvalue weighted by Gasteiger charge is -2.45. The molecule has 0 radical (unpaired) electrons. The van der Waals surface area contributed by atoms with Crippen LogP contribution in [0.25, 0.3) is 0 Å². The highest BCUT2D eigenvalue weighted by Gasteiger charge is 2.32. The van der Waals surface area contributed by atoms with Gasteiger partial charge in [0.2, 0.25) is 0 Å². The third-order valence-electron chi connectivity index (χ3n) is 3.94. The zero-order chi connectivity index (χ0) is 11.2. The average Bonchev–Trinajstić information content (AvgIpc) is 2.43. The van der Waals surface area contributed by atoms with Gasteiger partial charge in [0.05, 0.1) is 5.69 Å². The smallest absolute Gasteiger partial charge is 0.0641 e. The van der Waals surface area contributed by atoms with E-state index in [-0.39, 0.29) is 0 Å². The van der Waals surface area contributed by atoms with Crippen LogP contribution in [-0.2, 0) is 13.6 Å². The molecule has 0 bridgehead atoms. The molecule has 3 heteroatoms. The molecule has 0 N–H and O–H groups in total. The lowest BCUT2D eigenvalue weighted by Crippen LogP contribution is -2.52. The van der Waals surface area contributed by atoms with Gasteiger partial charge in [0.25, 0.3) is 0 Å². The molecule has 1 aliphatic rings. The highest BCUT2D eigenvalue weighted by molar-refractivity contribution is 5.24. The molecule has 3 nitrogen and oxygen atoms in total. The molecule has 2 rings (SSSR count). The number of aromatic nitrogens is 2. The van der Waals surface area contributed by atoms with Crippen molar-refractivity contribution in [1.82, 2.24) is 14.7 Å². The minimum atomic E-state index is 0.726. The summed E-state index contributed by atoms with van der Waals surface area (Å²) in [5, 5.41) is 4.46. The van der Waals surface area contributed by atoms with E-state index in [9.17, 15) is 0 Å². The standard InChI is InChI=1S/C12H21N3/c1-8-6-15(10(8)3)7-12-9(2)13-14(5)11(12)4/h8,10H,6-7H2,1-5H3. The normalized spacial score (nSPS) is 26.7. The van der Waals surface area contributed by atoms with E-state index in [1.165, 1.54) is 23.5 Å². The first-order valence-corrected chi connectivity index (χ1v) is 5.73. The molecule has 84 valence electrons. The Kier molecular flexibility index (Phi) is 2.59. The van der Waals surface area contributed by atoms with Gasteiger partial charge in [-0.25, -0.2) is 0 Å². The van der Waals surface area contributed by atoms with Crippen molar-refractivity contribution in [1.29, 1.82) is 0 Å². The number of hydrogen-bond donors (Lipinski definition) is 0. The van der Waals surface area contributed by atoms with Gasteiger partial charge >= 0.3 is 0 Å². The quantitative estimate of drug-likeness (QED) is 0.738. The van der Waals surface area contributed by atoms with E-state index < -0.39 is 0 Å². The van der Waals surface area contributed by atoms with Crippen molar-refractivity contribution in [3.63, 3.8) is 0 Å². The maximum atomic E-state index is 4.46. The van der Waals surface area contributed by atoms with Crippen molar-refractivity contribution < 1.29 is 0 Å². The molecule has 0 spiro atoms. The molecule has 1 aliphatic heterocycles. The molecule has 1 aromatic heterocycles. The van der Waals surface area contributed by atoms with Crippen LogP contribution in [0, 0.1) is 19.8 Å². The Morgan fingerprint density at radius 1 is 1.33 bits per heavy atom. The molecule has 1 fully saturated rings. The van der Waals surface area contributed by atoms with Crippen molar-refractivity contribution in [3.05, 3.63) is 17.0 Å². The van der Waals surface area contributed by atoms with Crippen LogP contribution in [0.5, 0.6) is 0 Å². The molecule has 0 amide bonds. The van der Waals surface area contributed by atoms with Gasteiger partial charge in [-0.3, -0.25) is 9.58 Å². The Hall–Kier alpha value is -0.830. The highest BCUT2D eigenvalue weighted by atomic mass is 15.3. The Bertz CT molecular complexity index is 367. The first-order chi connectivity index (χ1) is 7.00. The second-order valence-electron chi connectivity index (χ2n) is 4.92.